The van der Waals surface area contributed by atoms with Gasteiger partial charge < -0.3 is 25.2 Å². The minimum absolute atomic E-state index is 0.0245. The molecule has 0 radical (unpaired) electrons. The number of amides is 2. The summed E-state index contributed by atoms with van der Waals surface area (Å²) in [6.45, 7) is 3.89. The van der Waals surface area contributed by atoms with E-state index in [1.165, 1.54) is 0 Å². The van der Waals surface area contributed by atoms with Crippen LogP contribution in [0.5, 0.6) is 17.2 Å². The lowest BCUT2D eigenvalue weighted by Gasteiger charge is -2.19. The van der Waals surface area contributed by atoms with E-state index in [1.54, 1.807) is 26.4 Å². The summed E-state index contributed by atoms with van der Waals surface area (Å²) in [5, 5.41) is 15.2. The third kappa shape index (κ3) is 6.09. The Kier molecular flexibility index (Phi) is 7.34. The number of phenolic OH excluding ortho intramolecular Hbond substituents is 1. The quantitative estimate of drug-likeness (QED) is 0.659. The van der Waals surface area contributed by atoms with Gasteiger partial charge >= 0.3 is 6.03 Å². The lowest BCUT2D eigenvalue weighted by atomic mass is 10.1. The molecule has 2 rings (SSSR count). The van der Waals surface area contributed by atoms with Gasteiger partial charge in [0, 0.05) is 6.04 Å². The summed E-state index contributed by atoms with van der Waals surface area (Å²) in [5.41, 5.74) is 2.06. The van der Waals surface area contributed by atoms with Crippen LogP contribution in [0.25, 0.3) is 0 Å². The predicted octanol–water partition coefficient (Wildman–Crippen LogP) is 3.79. The average Bonchev–Trinajstić information content (AvgIpc) is 2.66. The number of ether oxygens (including phenoxy) is 2. The number of carbonyl (C=O) groups excluding carboxylic acids is 1. The van der Waals surface area contributed by atoms with E-state index in [0.29, 0.717) is 11.5 Å². The standard InChI is InChI=1S/C21H28N2O4/c1-14(5-6-16-7-10-18(24)11-8-16)22-21(25)23-15(2)17-9-12-19(26-3)20(13-17)27-4/h7-15,24H,5-6H2,1-4H3,(H2,22,23,25). The molecule has 146 valence electrons. The molecule has 6 nitrogen and oxygen atoms in total. The summed E-state index contributed by atoms with van der Waals surface area (Å²) in [6, 6.07) is 12.3. The highest BCUT2D eigenvalue weighted by Crippen LogP contribution is 2.29. The molecule has 0 saturated heterocycles. The number of nitrogens with one attached hydrogen (secondary N) is 2. The first-order valence-corrected chi connectivity index (χ1v) is 8.99. The van der Waals surface area contributed by atoms with Crippen LogP contribution in [0, 0.1) is 0 Å². The van der Waals surface area contributed by atoms with E-state index in [2.05, 4.69) is 10.6 Å². The average molecular weight is 372 g/mol. The van der Waals surface area contributed by atoms with Crippen LogP contribution in [0.2, 0.25) is 0 Å². The number of carbonyl (C=O) groups is 1. The third-order valence-electron chi connectivity index (χ3n) is 4.44. The summed E-state index contributed by atoms with van der Waals surface area (Å²) >= 11 is 0. The summed E-state index contributed by atoms with van der Waals surface area (Å²) in [4.78, 5) is 12.3. The number of rotatable bonds is 8. The van der Waals surface area contributed by atoms with E-state index < -0.39 is 0 Å². The molecule has 2 atom stereocenters. The molecule has 0 aliphatic heterocycles. The second kappa shape index (κ2) is 9.71. The molecule has 0 aliphatic carbocycles. The fourth-order valence-electron chi connectivity index (χ4n) is 2.79. The highest BCUT2D eigenvalue weighted by Gasteiger charge is 2.14. The molecule has 0 fully saturated rings. The van der Waals surface area contributed by atoms with Crippen LogP contribution in [0.3, 0.4) is 0 Å². The summed E-state index contributed by atoms with van der Waals surface area (Å²) < 4.78 is 10.5. The third-order valence-corrected chi connectivity index (χ3v) is 4.44. The van der Waals surface area contributed by atoms with Crippen molar-refractivity contribution in [1.29, 1.82) is 0 Å². The number of phenols is 1. The maximum Gasteiger partial charge on any atom is 0.315 e. The van der Waals surface area contributed by atoms with Gasteiger partial charge in [0.25, 0.3) is 0 Å². The molecular formula is C21H28N2O4. The molecule has 0 aromatic heterocycles. The van der Waals surface area contributed by atoms with Crippen molar-refractivity contribution in [3.8, 4) is 17.2 Å². The number of methoxy groups -OCH3 is 2. The van der Waals surface area contributed by atoms with Crippen molar-refractivity contribution in [3.63, 3.8) is 0 Å². The Morgan fingerprint density at radius 1 is 1.00 bits per heavy atom. The van der Waals surface area contributed by atoms with Crippen LogP contribution in [0.1, 0.15) is 37.4 Å². The van der Waals surface area contributed by atoms with Crippen LogP contribution in [-0.4, -0.2) is 31.4 Å². The maximum absolute atomic E-state index is 12.3. The Morgan fingerprint density at radius 2 is 1.67 bits per heavy atom. The molecule has 2 aromatic carbocycles. The van der Waals surface area contributed by atoms with E-state index in [-0.39, 0.29) is 23.9 Å². The van der Waals surface area contributed by atoms with Crippen molar-refractivity contribution in [2.45, 2.75) is 38.8 Å². The molecule has 0 heterocycles. The number of aromatic hydroxyl groups is 1. The zero-order valence-corrected chi connectivity index (χ0v) is 16.3. The maximum atomic E-state index is 12.3. The molecular weight excluding hydrogens is 344 g/mol. The highest BCUT2D eigenvalue weighted by atomic mass is 16.5. The molecule has 6 heteroatoms. The Hall–Kier alpha value is -2.89. The van der Waals surface area contributed by atoms with Crippen molar-refractivity contribution in [2.24, 2.45) is 0 Å². The van der Waals surface area contributed by atoms with E-state index >= 15 is 0 Å². The minimum atomic E-state index is -0.213. The Balaban J connectivity index is 1.84. The molecule has 27 heavy (non-hydrogen) atoms. The smallest absolute Gasteiger partial charge is 0.315 e. The number of hydrogen-bond acceptors (Lipinski definition) is 4. The van der Waals surface area contributed by atoms with Crippen LogP contribution < -0.4 is 20.1 Å². The van der Waals surface area contributed by atoms with E-state index in [4.69, 9.17) is 9.47 Å². The monoisotopic (exact) mass is 372 g/mol. The van der Waals surface area contributed by atoms with E-state index in [9.17, 15) is 9.90 Å². The van der Waals surface area contributed by atoms with Gasteiger partial charge in [-0.3, -0.25) is 0 Å². The van der Waals surface area contributed by atoms with Crippen LogP contribution in [0.4, 0.5) is 4.79 Å². The lowest BCUT2D eigenvalue weighted by Crippen LogP contribution is -2.41. The van der Waals surface area contributed by atoms with Gasteiger partial charge in [-0.2, -0.15) is 0 Å². The number of aryl methyl sites for hydroxylation is 1. The number of benzene rings is 2. The SMILES string of the molecule is COc1ccc(C(C)NC(=O)NC(C)CCc2ccc(O)cc2)cc1OC. The Bertz CT molecular complexity index is 746. The van der Waals surface area contributed by atoms with Gasteiger partial charge in [-0.15, -0.1) is 0 Å². The minimum Gasteiger partial charge on any atom is -0.508 e. The highest BCUT2D eigenvalue weighted by molar-refractivity contribution is 5.74. The van der Waals surface area contributed by atoms with Gasteiger partial charge in [-0.25, -0.2) is 4.79 Å². The van der Waals surface area contributed by atoms with Crippen molar-refractivity contribution in [3.05, 3.63) is 53.6 Å². The lowest BCUT2D eigenvalue weighted by molar-refractivity contribution is 0.234. The Morgan fingerprint density at radius 3 is 2.30 bits per heavy atom. The molecule has 0 spiro atoms. The molecule has 2 amide bonds. The van der Waals surface area contributed by atoms with Gasteiger partial charge in [0.2, 0.25) is 0 Å². The van der Waals surface area contributed by atoms with Gasteiger partial charge in [-0.1, -0.05) is 18.2 Å². The van der Waals surface area contributed by atoms with Gasteiger partial charge in [0.15, 0.2) is 11.5 Å². The normalized spacial score (nSPS) is 12.7. The number of hydrogen-bond donors (Lipinski definition) is 3. The zero-order chi connectivity index (χ0) is 19.8. The van der Waals surface area contributed by atoms with Gasteiger partial charge in [0.05, 0.1) is 20.3 Å². The first-order chi connectivity index (χ1) is 12.9. The molecule has 0 aliphatic rings. The van der Waals surface area contributed by atoms with Crippen LogP contribution in [-0.2, 0) is 6.42 Å². The van der Waals surface area contributed by atoms with Gasteiger partial charge in [-0.05, 0) is 62.1 Å². The fourth-order valence-corrected chi connectivity index (χ4v) is 2.79. The van der Waals surface area contributed by atoms with E-state index in [0.717, 1.165) is 24.0 Å². The van der Waals surface area contributed by atoms with Crippen LogP contribution >= 0.6 is 0 Å². The predicted molar refractivity (Wildman–Crippen MR) is 106 cm³/mol. The zero-order valence-electron chi connectivity index (χ0n) is 16.3. The van der Waals surface area contributed by atoms with Crippen LogP contribution in [0.15, 0.2) is 42.5 Å². The summed E-state index contributed by atoms with van der Waals surface area (Å²) in [5.74, 6) is 1.54. The molecule has 2 aromatic rings. The Labute approximate surface area is 160 Å². The van der Waals surface area contributed by atoms with Crippen molar-refractivity contribution < 1.29 is 19.4 Å². The molecule has 3 N–H and O–H groups in total. The van der Waals surface area contributed by atoms with Crippen molar-refractivity contribution in [2.75, 3.05) is 14.2 Å². The largest absolute Gasteiger partial charge is 0.508 e. The topological polar surface area (TPSA) is 79.8 Å². The first kappa shape index (κ1) is 20.4. The first-order valence-electron chi connectivity index (χ1n) is 8.99. The van der Waals surface area contributed by atoms with Crippen molar-refractivity contribution >= 4 is 6.03 Å². The summed E-state index contributed by atoms with van der Waals surface area (Å²) in [7, 11) is 3.18. The second-order valence-corrected chi connectivity index (χ2v) is 6.56. The van der Waals surface area contributed by atoms with Gasteiger partial charge in [0.1, 0.15) is 5.75 Å². The molecule has 0 saturated carbocycles. The molecule has 2 unspecified atom stereocenters. The fraction of sp³-hybridized carbons (Fsp3) is 0.381. The van der Waals surface area contributed by atoms with E-state index in [1.807, 2.05) is 44.2 Å². The molecule has 0 bridgehead atoms. The summed E-state index contributed by atoms with van der Waals surface area (Å²) in [6.07, 6.45) is 1.63. The second-order valence-electron chi connectivity index (χ2n) is 6.56. The number of urea groups is 1. The van der Waals surface area contributed by atoms with Crippen molar-refractivity contribution in [1.82, 2.24) is 10.6 Å².